The van der Waals surface area contributed by atoms with E-state index in [0.29, 0.717) is 11.3 Å². The van der Waals surface area contributed by atoms with Gasteiger partial charge in [-0.25, -0.2) is 9.97 Å². The van der Waals surface area contributed by atoms with Gasteiger partial charge in [-0.05, 0) is 53.9 Å². The summed E-state index contributed by atoms with van der Waals surface area (Å²) >= 11 is 5.10. The third-order valence-corrected chi connectivity index (χ3v) is 5.02. The normalized spacial score (nSPS) is 12.7. The van der Waals surface area contributed by atoms with Crippen LogP contribution < -0.4 is 11.1 Å². The number of halogens is 1. The molecule has 3 aromatic heterocycles. The molecule has 0 fully saturated rings. The summed E-state index contributed by atoms with van der Waals surface area (Å²) in [6.07, 6.45) is 2.51. The van der Waals surface area contributed by atoms with E-state index in [2.05, 4.69) is 38.1 Å². The fourth-order valence-corrected chi connectivity index (χ4v) is 4.00. The Morgan fingerprint density at radius 3 is 2.95 bits per heavy atom. The van der Waals surface area contributed by atoms with Crippen molar-refractivity contribution in [3.8, 4) is 0 Å². The van der Waals surface area contributed by atoms with E-state index in [0.717, 1.165) is 28.2 Å². The molecule has 3 N–H and O–H groups in total. The topological polar surface area (TPSA) is 77.0 Å². The number of aromatic nitrogens is 2. The predicted octanol–water partition coefficient (Wildman–Crippen LogP) is 3.86. The first kappa shape index (κ1) is 15.5. The number of rotatable bonds is 5. The smallest absolute Gasteiger partial charge is 0.199 e. The third-order valence-electron chi connectivity index (χ3n) is 3.35. The first-order valence-electron chi connectivity index (χ1n) is 7.02. The Bertz CT molecular complexity index is 783. The Morgan fingerprint density at radius 2 is 2.27 bits per heavy atom. The standard InChI is InChI=1S/C15H17BrN4OS/c1-8(17)6-11-9(2)12-13(22-11)14(20-15(16)19-12)18-7-10-4-3-5-21-10/h3-5,8H,6-7,17H2,1-2H3,(H,18,19,20)/t8-/m0/s1. The van der Waals surface area contributed by atoms with Gasteiger partial charge in [0.05, 0.1) is 23.0 Å². The lowest BCUT2D eigenvalue weighted by molar-refractivity contribution is 0.518. The van der Waals surface area contributed by atoms with E-state index in [1.807, 2.05) is 19.1 Å². The zero-order chi connectivity index (χ0) is 15.7. The van der Waals surface area contributed by atoms with Crippen LogP contribution in [0.25, 0.3) is 10.2 Å². The molecule has 0 aliphatic carbocycles. The van der Waals surface area contributed by atoms with Gasteiger partial charge in [-0.1, -0.05) is 0 Å². The average molecular weight is 381 g/mol. The van der Waals surface area contributed by atoms with E-state index in [4.69, 9.17) is 10.2 Å². The van der Waals surface area contributed by atoms with Crippen LogP contribution in [0.2, 0.25) is 0 Å². The Kier molecular flexibility index (Phi) is 4.46. The maximum atomic E-state index is 5.94. The fraction of sp³-hybridized carbons (Fsp3) is 0.333. The molecule has 22 heavy (non-hydrogen) atoms. The van der Waals surface area contributed by atoms with E-state index in [1.54, 1.807) is 17.6 Å². The number of nitrogens with two attached hydrogens (primary N) is 1. The average Bonchev–Trinajstić information content (AvgIpc) is 3.07. The molecule has 3 aromatic rings. The summed E-state index contributed by atoms with van der Waals surface area (Å²) in [6.45, 7) is 4.69. The highest BCUT2D eigenvalue weighted by Gasteiger charge is 2.16. The quantitative estimate of drug-likeness (QED) is 0.657. The van der Waals surface area contributed by atoms with Gasteiger partial charge >= 0.3 is 0 Å². The number of hydrogen-bond donors (Lipinski definition) is 2. The minimum atomic E-state index is 0.127. The Morgan fingerprint density at radius 1 is 1.45 bits per heavy atom. The lowest BCUT2D eigenvalue weighted by Gasteiger charge is -2.05. The van der Waals surface area contributed by atoms with Crippen LogP contribution in [0.5, 0.6) is 0 Å². The van der Waals surface area contributed by atoms with Crippen LogP contribution in [0, 0.1) is 6.92 Å². The largest absolute Gasteiger partial charge is 0.467 e. The number of nitrogens with one attached hydrogen (secondary N) is 1. The zero-order valence-corrected chi connectivity index (χ0v) is 14.8. The predicted molar refractivity (Wildman–Crippen MR) is 93.2 cm³/mol. The minimum Gasteiger partial charge on any atom is -0.467 e. The van der Waals surface area contributed by atoms with E-state index in [1.165, 1.54) is 10.4 Å². The van der Waals surface area contributed by atoms with Gasteiger partial charge in [0.2, 0.25) is 0 Å². The second-order valence-corrected chi connectivity index (χ2v) is 7.10. The number of furan rings is 1. The molecule has 0 aliphatic rings. The second-order valence-electron chi connectivity index (χ2n) is 5.28. The Labute approximate surface area is 141 Å². The van der Waals surface area contributed by atoms with E-state index in [-0.39, 0.29) is 6.04 Å². The highest BCUT2D eigenvalue weighted by molar-refractivity contribution is 9.10. The molecule has 0 aliphatic heterocycles. The molecule has 0 saturated carbocycles. The van der Waals surface area contributed by atoms with Crippen molar-refractivity contribution in [2.45, 2.75) is 32.9 Å². The summed E-state index contributed by atoms with van der Waals surface area (Å²) in [7, 11) is 0. The van der Waals surface area contributed by atoms with Crippen molar-refractivity contribution in [2.75, 3.05) is 5.32 Å². The van der Waals surface area contributed by atoms with Gasteiger partial charge in [0.15, 0.2) is 4.73 Å². The van der Waals surface area contributed by atoms with Crippen LogP contribution in [0.4, 0.5) is 5.82 Å². The van der Waals surface area contributed by atoms with Crippen molar-refractivity contribution in [2.24, 2.45) is 5.73 Å². The molecule has 116 valence electrons. The van der Waals surface area contributed by atoms with Gasteiger partial charge in [0, 0.05) is 10.9 Å². The lowest BCUT2D eigenvalue weighted by atomic mass is 10.1. The van der Waals surface area contributed by atoms with Crippen LogP contribution >= 0.6 is 27.3 Å². The van der Waals surface area contributed by atoms with Crippen LogP contribution in [0.15, 0.2) is 27.5 Å². The summed E-state index contributed by atoms with van der Waals surface area (Å²) < 4.78 is 6.99. The number of hydrogen-bond acceptors (Lipinski definition) is 6. The van der Waals surface area contributed by atoms with Crippen molar-refractivity contribution in [1.82, 2.24) is 9.97 Å². The van der Waals surface area contributed by atoms with Crippen molar-refractivity contribution in [3.05, 3.63) is 39.3 Å². The van der Waals surface area contributed by atoms with E-state index in [9.17, 15) is 0 Å². The van der Waals surface area contributed by atoms with Crippen LogP contribution in [-0.2, 0) is 13.0 Å². The summed E-state index contributed by atoms with van der Waals surface area (Å²) in [5.41, 5.74) is 8.10. The van der Waals surface area contributed by atoms with Crippen LogP contribution in [0.1, 0.15) is 23.1 Å². The number of thiophene rings is 1. The molecular formula is C15H17BrN4OS. The van der Waals surface area contributed by atoms with E-state index < -0.39 is 0 Å². The molecule has 5 nitrogen and oxygen atoms in total. The molecule has 0 unspecified atom stereocenters. The Balaban J connectivity index is 1.98. The maximum absolute atomic E-state index is 5.94. The molecule has 0 spiro atoms. The molecule has 0 amide bonds. The number of fused-ring (bicyclic) bond motifs is 1. The van der Waals surface area contributed by atoms with E-state index >= 15 is 0 Å². The van der Waals surface area contributed by atoms with Gasteiger partial charge in [-0.15, -0.1) is 11.3 Å². The monoisotopic (exact) mass is 380 g/mol. The van der Waals surface area contributed by atoms with Crippen molar-refractivity contribution >= 4 is 43.3 Å². The molecule has 0 bridgehead atoms. The maximum Gasteiger partial charge on any atom is 0.199 e. The van der Waals surface area contributed by atoms with Gasteiger partial charge in [0.25, 0.3) is 0 Å². The van der Waals surface area contributed by atoms with Gasteiger partial charge in [-0.2, -0.15) is 0 Å². The van der Waals surface area contributed by atoms with Crippen LogP contribution in [0.3, 0.4) is 0 Å². The summed E-state index contributed by atoms with van der Waals surface area (Å²) in [5, 5.41) is 3.33. The summed E-state index contributed by atoms with van der Waals surface area (Å²) in [5.74, 6) is 1.68. The van der Waals surface area contributed by atoms with Crippen molar-refractivity contribution in [1.29, 1.82) is 0 Å². The molecule has 3 heterocycles. The summed E-state index contributed by atoms with van der Waals surface area (Å²) in [4.78, 5) is 10.2. The van der Waals surface area contributed by atoms with Gasteiger partial charge < -0.3 is 15.5 Å². The molecule has 1 atom stereocenters. The molecule has 3 rings (SSSR count). The summed E-state index contributed by atoms with van der Waals surface area (Å²) in [6, 6.07) is 3.93. The molecule has 0 saturated heterocycles. The zero-order valence-electron chi connectivity index (χ0n) is 12.4. The highest BCUT2D eigenvalue weighted by Crippen LogP contribution is 2.35. The second kappa shape index (κ2) is 6.36. The molecule has 0 radical (unpaired) electrons. The third kappa shape index (κ3) is 3.16. The van der Waals surface area contributed by atoms with Crippen molar-refractivity contribution in [3.63, 3.8) is 0 Å². The Hall–Kier alpha value is -1.44. The number of anilines is 1. The highest BCUT2D eigenvalue weighted by atomic mass is 79.9. The first-order chi connectivity index (χ1) is 10.5. The van der Waals surface area contributed by atoms with Gasteiger partial charge in [-0.3, -0.25) is 0 Å². The number of aryl methyl sites for hydroxylation is 1. The van der Waals surface area contributed by atoms with Gasteiger partial charge in [0.1, 0.15) is 11.6 Å². The molecule has 0 aromatic carbocycles. The molecule has 7 heteroatoms. The first-order valence-corrected chi connectivity index (χ1v) is 8.63. The fourth-order valence-electron chi connectivity index (χ4n) is 2.30. The lowest BCUT2D eigenvalue weighted by Crippen LogP contribution is -2.17. The van der Waals surface area contributed by atoms with Crippen LogP contribution in [-0.4, -0.2) is 16.0 Å². The molecular weight excluding hydrogens is 364 g/mol. The number of nitrogens with zero attached hydrogens (tertiary/aromatic N) is 2. The minimum absolute atomic E-state index is 0.127. The SMILES string of the molecule is Cc1c(C[C@H](C)N)sc2c(NCc3ccco3)nc(Br)nc12. The van der Waals surface area contributed by atoms with Crippen molar-refractivity contribution < 1.29 is 4.42 Å².